The fourth-order valence-electron chi connectivity index (χ4n) is 1.39. The highest BCUT2D eigenvalue weighted by Crippen LogP contribution is 2.13. The van der Waals surface area contributed by atoms with Gasteiger partial charge in [-0.3, -0.25) is 4.79 Å². The molecule has 2 rings (SSSR count). The fraction of sp³-hybridized carbons (Fsp3) is 0.250. The van der Waals surface area contributed by atoms with Gasteiger partial charge in [0.25, 0.3) is 5.56 Å². The highest BCUT2D eigenvalue weighted by atomic mass is 16.1. The molecule has 0 radical (unpaired) electrons. The number of imidazole rings is 1. The summed E-state index contributed by atoms with van der Waals surface area (Å²) in [6.45, 7) is 1.80. The Bertz CT molecular complexity index is 524. The maximum absolute atomic E-state index is 11.4. The highest BCUT2D eigenvalue weighted by Gasteiger charge is 2.08. The Morgan fingerprint density at radius 3 is 3.00 bits per heavy atom. The summed E-state index contributed by atoms with van der Waals surface area (Å²) >= 11 is 0. The van der Waals surface area contributed by atoms with E-state index in [9.17, 15) is 4.79 Å². The molecule has 0 saturated heterocycles. The van der Waals surface area contributed by atoms with Crippen LogP contribution in [-0.2, 0) is 0 Å². The van der Waals surface area contributed by atoms with E-state index in [4.69, 9.17) is 11.5 Å². The monoisotopic (exact) mass is 193 g/mol. The van der Waals surface area contributed by atoms with E-state index < -0.39 is 0 Å². The molecule has 0 fully saturated rings. The van der Waals surface area contributed by atoms with Crippen LogP contribution in [0.1, 0.15) is 13.1 Å². The number of hydrogen-bond acceptors (Lipinski definition) is 4. The van der Waals surface area contributed by atoms with Crippen molar-refractivity contribution in [3.8, 4) is 0 Å². The summed E-state index contributed by atoms with van der Waals surface area (Å²) in [5.74, 6) is 0.310. The second kappa shape index (κ2) is 2.85. The molecule has 0 amide bonds. The lowest BCUT2D eigenvalue weighted by atomic mass is 10.3. The van der Waals surface area contributed by atoms with Crippen molar-refractivity contribution in [3.05, 3.63) is 22.7 Å². The average molecular weight is 193 g/mol. The lowest BCUT2D eigenvalue weighted by Gasteiger charge is -2.07. The maximum atomic E-state index is 11.4. The Hall–Kier alpha value is -1.82. The third-order valence-electron chi connectivity index (χ3n) is 2.04. The quantitative estimate of drug-likeness (QED) is 0.582. The summed E-state index contributed by atoms with van der Waals surface area (Å²) in [6, 6.07) is 1.65. The number of fused-ring (bicyclic) bond motifs is 1. The molecule has 14 heavy (non-hydrogen) atoms. The van der Waals surface area contributed by atoms with Crippen LogP contribution >= 0.6 is 0 Å². The van der Waals surface area contributed by atoms with Gasteiger partial charge in [0, 0.05) is 6.07 Å². The molecule has 1 atom stereocenters. The minimum atomic E-state index is -0.292. The van der Waals surface area contributed by atoms with Crippen LogP contribution in [0.25, 0.3) is 11.0 Å². The molecule has 0 bridgehead atoms. The number of nitrogens with two attached hydrogens (primary N) is 2. The molecule has 0 aliphatic carbocycles. The van der Waals surface area contributed by atoms with E-state index in [1.165, 1.54) is 6.33 Å². The second-order valence-corrected chi connectivity index (χ2v) is 3.18. The Morgan fingerprint density at radius 2 is 2.36 bits per heavy atom. The third kappa shape index (κ3) is 1.16. The van der Waals surface area contributed by atoms with Gasteiger partial charge in [-0.2, -0.15) is 0 Å². The first-order valence-corrected chi connectivity index (χ1v) is 4.20. The van der Waals surface area contributed by atoms with Crippen LogP contribution in [0.2, 0.25) is 0 Å². The lowest BCUT2D eigenvalue weighted by Crippen LogP contribution is -2.15. The zero-order chi connectivity index (χ0) is 10.3. The van der Waals surface area contributed by atoms with Gasteiger partial charge in [-0.05, 0) is 6.92 Å². The van der Waals surface area contributed by atoms with Crippen molar-refractivity contribution in [2.24, 2.45) is 5.73 Å². The minimum Gasteiger partial charge on any atom is -0.385 e. The SMILES string of the molecule is CC(N)n1cnc2c(=O)[nH]c(N)cc21. The van der Waals surface area contributed by atoms with Crippen LogP contribution < -0.4 is 17.0 Å². The molecular weight excluding hydrogens is 182 g/mol. The topological polar surface area (TPSA) is 103 Å². The van der Waals surface area contributed by atoms with Crippen molar-refractivity contribution in [2.75, 3.05) is 5.73 Å². The number of hydrogen-bond donors (Lipinski definition) is 3. The van der Waals surface area contributed by atoms with Crippen molar-refractivity contribution >= 4 is 16.9 Å². The molecule has 5 N–H and O–H groups in total. The predicted octanol–water partition coefficient (Wildman–Crippen LogP) is -0.216. The van der Waals surface area contributed by atoms with Crippen molar-refractivity contribution < 1.29 is 0 Å². The zero-order valence-corrected chi connectivity index (χ0v) is 7.69. The van der Waals surface area contributed by atoms with Crippen molar-refractivity contribution in [3.63, 3.8) is 0 Å². The Labute approximate surface area is 79.5 Å². The molecule has 0 aliphatic heterocycles. The van der Waals surface area contributed by atoms with E-state index in [2.05, 4.69) is 9.97 Å². The van der Waals surface area contributed by atoms with Crippen LogP contribution in [0.4, 0.5) is 5.82 Å². The molecule has 2 aromatic heterocycles. The van der Waals surface area contributed by atoms with E-state index in [-0.39, 0.29) is 11.7 Å². The molecule has 6 heteroatoms. The van der Waals surface area contributed by atoms with Gasteiger partial charge in [-0.1, -0.05) is 0 Å². The van der Waals surface area contributed by atoms with Crippen molar-refractivity contribution in [1.29, 1.82) is 0 Å². The number of aromatic nitrogens is 3. The summed E-state index contributed by atoms with van der Waals surface area (Å²) in [5.41, 5.74) is 11.9. The van der Waals surface area contributed by atoms with Gasteiger partial charge in [0.15, 0.2) is 5.52 Å². The standard InChI is InChI=1S/C8H11N5O/c1-4(9)13-3-11-7-5(13)2-6(10)12-8(7)14/h2-4H,9H2,1H3,(H3,10,12,14). The van der Waals surface area contributed by atoms with Crippen LogP contribution in [0.15, 0.2) is 17.2 Å². The molecular formula is C8H11N5O. The van der Waals surface area contributed by atoms with Crippen LogP contribution in [0, 0.1) is 0 Å². The van der Waals surface area contributed by atoms with E-state index in [1.807, 2.05) is 0 Å². The smallest absolute Gasteiger partial charge is 0.277 e. The van der Waals surface area contributed by atoms with Crippen LogP contribution in [-0.4, -0.2) is 14.5 Å². The number of H-pyrrole nitrogens is 1. The first-order chi connectivity index (χ1) is 6.59. The number of nitrogen functional groups attached to an aromatic ring is 1. The normalized spacial score (nSPS) is 13.3. The predicted molar refractivity (Wildman–Crippen MR) is 53.7 cm³/mol. The van der Waals surface area contributed by atoms with Gasteiger partial charge in [-0.15, -0.1) is 0 Å². The average Bonchev–Trinajstić information content (AvgIpc) is 2.47. The lowest BCUT2D eigenvalue weighted by molar-refractivity contribution is 0.588. The van der Waals surface area contributed by atoms with Crippen LogP contribution in [0.3, 0.4) is 0 Å². The summed E-state index contributed by atoms with van der Waals surface area (Å²) < 4.78 is 1.70. The highest BCUT2D eigenvalue weighted by molar-refractivity contribution is 5.76. The Kier molecular flexibility index (Phi) is 1.78. The first-order valence-electron chi connectivity index (χ1n) is 4.20. The largest absolute Gasteiger partial charge is 0.385 e. The molecule has 6 nitrogen and oxygen atoms in total. The van der Waals surface area contributed by atoms with Crippen LogP contribution in [0.5, 0.6) is 0 Å². The van der Waals surface area contributed by atoms with E-state index in [0.29, 0.717) is 16.9 Å². The summed E-state index contributed by atoms with van der Waals surface area (Å²) in [4.78, 5) is 17.8. The molecule has 0 spiro atoms. The first kappa shape index (κ1) is 8.76. The maximum Gasteiger partial charge on any atom is 0.277 e. The number of pyridine rings is 1. The van der Waals surface area contributed by atoms with Gasteiger partial charge in [0.1, 0.15) is 5.82 Å². The van der Waals surface area contributed by atoms with Gasteiger partial charge in [0.2, 0.25) is 0 Å². The molecule has 2 aromatic rings. The third-order valence-corrected chi connectivity index (χ3v) is 2.04. The summed E-state index contributed by atoms with van der Waals surface area (Å²) in [7, 11) is 0. The second-order valence-electron chi connectivity index (χ2n) is 3.18. The van der Waals surface area contributed by atoms with E-state index >= 15 is 0 Å². The number of nitrogens with zero attached hydrogens (tertiary/aromatic N) is 2. The summed E-state index contributed by atoms with van der Waals surface area (Å²) in [6.07, 6.45) is 1.30. The van der Waals surface area contributed by atoms with Gasteiger partial charge < -0.3 is 21.0 Å². The Balaban J connectivity index is 2.85. The zero-order valence-electron chi connectivity index (χ0n) is 7.69. The number of aromatic amines is 1. The number of nitrogens with one attached hydrogen (secondary N) is 1. The van der Waals surface area contributed by atoms with E-state index in [1.54, 1.807) is 17.6 Å². The van der Waals surface area contributed by atoms with Crippen molar-refractivity contribution in [1.82, 2.24) is 14.5 Å². The fourth-order valence-corrected chi connectivity index (χ4v) is 1.39. The van der Waals surface area contributed by atoms with Gasteiger partial charge >= 0.3 is 0 Å². The molecule has 0 aromatic carbocycles. The summed E-state index contributed by atoms with van der Waals surface area (Å²) in [5, 5.41) is 0. The minimum absolute atomic E-state index is 0.235. The number of rotatable bonds is 1. The molecule has 74 valence electrons. The van der Waals surface area contributed by atoms with Crippen molar-refractivity contribution in [2.45, 2.75) is 13.1 Å². The molecule has 0 saturated carbocycles. The number of anilines is 1. The molecule has 0 aliphatic rings. The molecule has 1 unspecified atom stereocenters. The van der Waals surface area contributed by atoms with Gasteiger partial charge in [-0.25, -0.2) is 4.98 Å². The van der Waals surface area contributed by atoms with E-state index in [0.717, 1.165) is 0 Å². The Morgan fingerprint density at radius 1 is 1.64 bits per heavy atom. The van der Waals surface area contributed by atoms with Gasteiger partial charge in [0.05, 0.1) is 18.0 Å². The molecule has 2 heterocycles.